The lowest BCUT2D eigenvalue weighted by Crippen LogP contribution is -2.56. The molecule has 2 saturated heterocycles. The predicted molar refractivity (Wildman–Crippen MR) is 126 cm³/mol. The van der Waals surface area contributed by atoms with E-state index in [0.717, 1.165) is 10.9 Å². The minimum absolute atomic E-state index is 0.177. The Morgan fingerprint density at radius 2 is 1.61 bits per heavy atom. The van der Waals surface area contributed by atoms with E-state index in [1.165, 1.54) is 7.11 Å². The number of ether oxygens (including phenoxy) is 1. The van der Waals surface area contributed by atoms with Crippen molar-refractivity contribution in [1.29, 1.82) is 0 Å². The zero-order valence-electron chi connectivity index (χ0n) is 19.2. The Labute approximate surface area is 202 Å². The molecule has 0 saturated carbocycles. The van der Waals surface area contributed by atoms with Gasteiger partial charge in [0.15, 0.2) is 0 Å². The summed E-state index contributed by atoms with van der Waals surface area (Å²) in [5, 5.41) is 5.47. The minimum Gasteiger partial charge on any atom is -0.453 e. The predicted octanol–water partition coefficient (Wildman–Crippen LogP) is 2.75. The molecule has 1 aromatic carbocycles. The van der Waals surface area contributed by atoms with E-state index < -0.39 is 24.2 Å². The van der Waals surface area contributed by atoms with Crippen molar-refractivity contribution in [3.8, 4) is 0 Å². The number of hydrogen-bond donors (Lipinski definition) is 2. The smallest absolute Gasteiger partial charge is 0.407 e. The fourth-order valence-electron chi connectivity index (χ4n) is 4.42. The Balaban J connectivity index is 1.71. The van der Waals surface area contributed by atoms with Crippen molar-refractivity contribution >= 4 is 45.4 Å². The Kier molecular flexibility index (Phi) is 8.34. The van der Waals surface area contributed by atoms with Crippen molar-refractivity contribution in [2.75, 3.05) is 25.5 Å². The van der Waals surface area contributed by atoms with Crippen molar-refractivity contribution in [1.82, 2.24) is 15.1 Å². The molecule has 2 heterocycles. The summed E-state index contributed by atoms with van der Waals surface area (Å²) in [6, 6.07) is 5.25. The number of methoxy groups -OCH3 is 1. The first-order chi connectivity index (χ1) is 15.7. The number of carbonyl (C=O) groups is 4. The number of alkyl carbamates (subject to hydrolysis) is 1. The fourth-order valence-corrected chi connectivity index (χ4v) is 4.68. The third-order valence-electron chi connectivity index (χ3n) is 6.16. The molecule has 0 aliphatic carbocycles. The molecule has 0 radical (unpaired) electrons. The summed E-state index contributed by atoms with van der Waals surface area (Å²) in [6.07, 6.45) is 1.84. The minimum atomic E-state index is -0.791. The van der Waals surface area contributed by atoms with Crippen LogP contribution in [0.5, 0.6) is 0 Å². The molecular weight excluding hydrogens is 492 g/mol. The summed E-state index contributed by atoms with van der Waals surface area (Å²) in [5.41, 5.74) is 0.661. The Bertz CT molecular complexity index is 891. The molecule has 3 rings (SSSR count). The molecule has 0 spiro atoms. The molecule has 0 aromatic heterocycles. The van der Waals surface area contributed by atoms with Crippen LogP contribution in [0.25, 0.3) is 0 Å². The van der Waals surface area contributed by atoms with Crippen LogP contribution in [-0.2, 0) is 19.1 Å². The standard InChI is InChI=1S/C23H31BrN4O5/c1-14(2)19(26-23(32)33-3)22(31)28-13-5-7-18(28)21(30)27-12-4-6-17(27)20(29)25-16-10-8-15(24)9-11-16/h8-11,14,17-19H,4-7,12-13H2,1-3H3,(H,25,29)(H,26,32)/t17-,18-,19-/m0/s1. The summed E-state index contributed by atoms with van der Waals surface area (Å²) >= 11 is 3.37. The SMILES string of the molecule is COC(=O)N[C@H](C(=O)N1CCC[C@H]1C(=O)N1CCC[C@H]1C(=O)Nc1ccc(Br)cc1)C(C)C. The molecule has 1 aromatic rings. The van der Waals surface area contributed by atoms with E-state index in [1.807, 2.05) is 26.0 Å². The molecule has 2 aliphatic heterocycles. The van der Waals surface area contributed by atoms with Crippen molar-refractivity contribution in [2.45, 2.75) is 57.7 Å². The quantitative estimate of drug-likeness (QED) is 0.597. The molecule has 2 fully saturated rings. The zero-order chi connectivity index (χ0) is 24.1. The number of amides is 4. The van der Waals surface area contributed by atoms with Gasteiger partial charge in [-0.1, -0.05) is 29.8 Å². The monoisotopic (exact) mass is 522 g/mol. The maximum atomic E-state index is 13.5. The first-order valence-electron chi connectivity index (χ1n) is 11.2. The largest absolute Gasteiger partial charge is 0.453 e. The van der Waals surface area contributed by atoms with Crippen molar-refractivity contribution in [3.05, 3.63) is 28.7 Å². The second-order valence-corrected chi connectivity index (χ2v) is 9.65. The first-order valence-corrected chi connectivity index (χ1v) is 12.0. The first kappa shape index (κ1) is 25.0. The van der Waals surface area contributed by atoms with Crippen LogP contribution in [0.4, 0.5) is 10.5 Å². The molecular formula is C23H31BrN4O5. The molecule has 2 N–H and O–H groups in total. The van der Waals surface area contributed by atoms with Gasteiger partial charge in [0.1, 0.15) is 18.1 Å². The van der Waals surface area contributed by atoms with Crippen LogP contribution in [0.3, 0.4) is 0 Å². The van der Waals surface area contributed by atoms with E-state index in [1.54, 1.807) is 21.9 Å². The maximum absolute atomic E-state index is 13.5. The number of rotatable bonds is 6. The Morgan fingerprint density at radius 3 is 2.21 bits per heavy atom. The van der Waals surface area contributed by atoms with Gasteiger partial charge in [-0.05, 0) is 55.9 Å². The van der Waals surface area contributed by atoms with Gasteiger partial charge < -0.3 is 25.2 Å². The number of hydrogen-bond acceptors (Lipinski definition) is 5. The lowest BCUT2D eigenvalue weighted by molar-refractivity contribution is -0.147. The van der Waals surface area contributed by atoms with Gasteiger partial charge >= 0.3 is 6.09 Å². The zero-order valence-corrected chi connectivity index (χ0v) is 20.8. The highest BCUT2D eigenvalue weighted by Gasteiger charge is 2.44. The Hall–Kier alpha value is -2.62. The molecule has 2 aliphatic rings. The summed E-state index contributed by atoms with van der Waals surface area (Å²) < 4.78 is 5.56. The third kappa shape index (κ3) is 5.85. The van der Waals surface area contributed by atoms with E-state index in [-0.39, 0.29) is 23.6 Å². The van der Waals surface area contributed by atoms with Crippen LogP contribution in [0.15, 0.2) is 28.7 Å². The molecule has 4 amide bonds. The number of halogens is 1. The molecule has 33 heavy (non-hydrogen) atoms. The van der Waals surface area contributed by atoms with E-state index in [9.17, 15) is 19.2 Å². The highest BCUT2D eigenvalue weighted by atomic mass is 79.9. The molecule has 3 atom stereocenters. The van der Waals surface area contributed by atoms with Crippen molar-refractivity contribution in [2.24, 2.45) is 5.92 Å². The second kappa shape index (κ2) is 11.0. The van der Waals surface area contributed by atoms with E-state index in [0.29, 0.717) is 38.0 Å². The molecule has 180 valence electrons. The topological polar surface area (TPSA) is 108 Å². The van der Waals surface area contributed by atoms with Gasteiger partial charge in [-0.3, -0.25) is 14.4 Å². The summed E-state index contributed by atoms with van der Waals surface area (Å²) in [6.45, 7) is 4.57. The third-order valence-corrected chi connectivity index (χ3v) is 6.69. The number of nitrogens with one attached hydrogen (secondary N) is 2. The van der Waals surface area contributed by atoms with E-state index in [2.05, 4.69) is 31.3 Å². The number of likely N-dealkylation sites (tertiary alicyclic amines) is 2. The normalized spacial score (nSPS) is 21.1. The average molecular weight is 523 g/mol. The van der Waals surface area contributed by atoms with E-state index >= 15 is 0 Å². The van der Waals surface area contributed by atoms with Crippen LogP contribution in [0, 0.1) is 5.92 Å². The lowest BCUT2D eigenvalue weighted by atomic mass is 10.0. The lowest BCUT2D eigenvalue weighted by Gasteiger charge is -2.33. The second-order valence-electron chi connectivity index (χ2n) is 8.73. The van der Waals surface area contributed by atoms with Crippen molar-refractivity contribution < 1.29 is 23.9 Å². The molecule has 10 heteroatoms. The van der Waals surface area contributed by atoms with Gasteiger partial charge in [0.2, 0.25) is 17.7 Å². The molecule has 9 nitrogen and oxygen atoms in total. The number of benzene rings is 1. The van der Waals surface area contributed by atoms with Crippen LogP contribution in [-0.4, -0.2) is 71.9 Å². The summed E-state index contributed by atoms with van der Waals surface area (Å²) in [4.78, 5) is 54.5. The Morgan fingerprint density at radius 1 is 1.00 bits per heavy atom. The highest BCUT2D eigenvalue weighted by Crippen LogP contribution is 2.27. The van der Waals surface area contributed by atoms with E-state index in [4.69, 9.17) is 0 Å². The van der Waals surface area contributed by atoms with Gasteiger partial charge in [0.05, 0.1) is 7.11 Å². The highest BCUT2D eigenvalue weighted by molar-refractivity contribution is 9.10. The van der Waals surface area contributed by atoms with Gasteiger partial charge in [0.25, 0.3) is 0 Å². The van der Waals surface area contributed by atoms with Crippen LogP contribution < -0.4 is 10.6 Å². The van der Waals surface area contributed by atoms with Crippen molar-refractivity contribution in [3.63, 3.8) is 0 Å². The molecule has 0 bridgehead atoms. The fraction of sp³-hybridized carbons (Fsp3) is 0.565. The average Bonchev–Trinajstić information content (AvgIpc) is 3.47. The number of nitrogens with zero attached hydrogens (tertiary/aromatic N) is 2. The summed E-state index contributed by atoms with van der Waals surface area (Å²) in [7, 11) is 1.24. The number of anilines is 1. The van der Waals surface area contributed by atoms with Gasteiger partial charge in [0, 0.05) is 23.2 Å². The van der Waals surface area contributed by atoms with Gasteiger partial charge in [-0.2, -0.15) is 0 Å². The van der Waals surface area contributed by atoms with Gasteiger partial charge in [-0.25, -0.2) is 4.79 Å². The molecule has 0 unspecified atom stereocenters. The summed E-state index contributed by atoms with van der Waals surface area (Å²) in [5.74, 6) is -0.924. The van der Waals surface area contributed by atoms with Gasteiger partial charge in [-0.15, -0.1) is 0 Å². The maximum Gasteiger partial charge on any atom is 0.407 e. The van der Waals surface area contributed by atoms with Crippen LogP contribution in [0.1, 0.15) is 39.5 Å². The van der Waals surface area contributed by atoms with Crippen LogP contribution in [0.2, 0.25) is 0 Å². The van der Waals surface area contributed by atoms with Crippen LogP contribution >= 0.6 is 15.9 Å². The number of carbonyl (C=O) groups excluding carboxylic acids is 4.